The van der Waals surface area contributed by atoms with Crippen molar-refractivity contribution in [2.24, 2.45) is 0 Å². The van der Waals surface area contributed by atoms with Crippen molar-refractivity contribution < 1.29 is 9.18 Å². The van der Waals surface area contributed by atoms with Gasteiger partial charge >= 0.3 is 0 Å². The number of hydrogen-bond donors (Lipinski definition) is 1. The summed E-state index contributed by atoms with van der Waals surface area (Å²) in [6, 6.07) is 9.99. The minimum absolute atomic E-state index is 0.158. The number of aromatic nitrogens is 1. The number of rotatable bonds is 4. The van der Waals surface area contributed by atoms with Crippen LogP contribution >= 0.6 is 22.7 Å². The third kappa shape index (κ3) is 3.58. The molecule has 0 fully saturated rings. The first kappa shape index (κ1) is 14.9. The molecular weight excluding hydrogens is 319 g/mol. The highest BCUT2D eigenvalue weighted by Gasteiger charge is 2.10. The van der Waals surface area contributed by atoms with E-state index in [0.29, 0.717) is 5.13 Å². The third-order valence-corrected chi connectivity index (χ3v) is 4.80. The number of aryl methyl sites for hydroxylation is 1. The molecule has 1 N–H and O–H groups in total. The minimum Gasteiger partial charge on any atom is -0.302 e. The fourth-order valence-electron chi connectivity index (χ4n) is 1.97. The Kier molecular flexibility index (Phi) is 4.31. The van der Waals surface area contributed by atoms with Crippen LogP contribution in [-0.2, 0) is 11.2 Å². The SMILES string of the molecule is Cc1ccc(-c2csc(NC(=O)Cc3ccc(F)cc3)n2)s1. The molecule has 0 spiro atoms. The van der Waals surface area contributed by atoms with E-state index in [0.717, 1.165) is 16.1 Å². The number of thiazole rings is 1. The first-order valence-corrected chi connectivity index (χ1v) is 8.36. The van der Waals surface area contributed by atoms with Crippen LogP contribution in [0.2, 0.25) is 0 Å². The summed E-state index contributed by atoms with van der Waals surface area (Å²) in [5, 5.41) is 5.29. The second-order valence-electron chi connectivity index (χ2n) is 4.80. The second kappa shape index (κ2) is 6.37. The lowest BCUT2D eigenvalue weighted by Gasteiger charge is -2.01. The standard InChI is InChI=1S/C16H13FN2OS2/c1-10-2-7-14(22-10)13-9-21-16(18-13)19-15(20)8-11-3-5-12(17)6-4-11/h2-7,9H,8H2,1H3,(H,18,19,20). The van der Waals surface area contributed by atoms with Gasteiger partial charge < -0.3 is 5.32 Å². The molecule has 2 aromatic heterocycles. The van der Waals surface area contributed by atoms with Crippen LogP contribution in [0.4, 0.5) is 9.52 Å². The third-order valence-electron chi connectivity index (χ3n) is 3.02. The van der Waals surface area contributed by atoms with Crippen molar-refractivity contribution in [3.63, 3.8) is 0 Å². The average Bonchev–Trinajstić information content (AvgIpc) is 3.10. The van der Waals surface area contributed by atoms with Crippen LogP contribution in [-0.4, -0.2) is 10.9 Å². The Bertz CT molecular complexity index is 793. The van der Waals surface area contributed by atoms with Crippen molar-refractivity contribution in [3.05, 3.63) is 58.0 Å². The van der Waals surface area contributed by atoms with E-state index in [4.69, 9.17) is 0 Å². The maximum atomic E-state index is 12.8. The van der Waals surface area contributed by atoms with Gasteiger partial charge in [0.05, 0.1) is 17.0 Å². The van der Waals surface area contributed by atoms with Crippen molar-refractivity contribution in [3.8, 4) is 10.6 Å². The van der Waals surface area contributed by atoms with Crippen LogP contribution in [0.1, 0.15) is 10.4 Å². The summed E-state index contributed by atoms with van der Waals surface area (Å²) in [6.45, 7) is 2.05. The number of anilines is 1. The van der Waals surface area contributed by atoms with E-state index in [1.165, 1.54) is 28.3 Å². The van der Waals surface area contributed by atoms with Crippen LogP contribution in [0.25, 0.3) is 10.6 Å². The van der Waals surface area contributed by atoms with Gasteiger partial charge in [-0.3, -0.25) is 4.79 Å². The van der Waals surface area contributed by atoms with E-state index in [9.17, 15) is 9.18 Å². The van der Waals surface area contributed by atoms with Crippen molar-refractivity contribution in [1.29, 1.82) is 0 Å². The van der Waals surface area contributed by atoms with Crippen LogP contribution in [0.15, 0.2) is 41.8 Å². The lowest BCUT2D eigenvalue weighted by molar-refractivity contribution is -0.115. The molecule has 0 saturated heterocycles. The Morgan fingerprint density at radius 3 is 2.68 bits per heavy atom. The van der Waals surface area contributed by atoms with E-state index < -0.39 is 0 Å². The molecule has 3 nitrogen and oxygen atoms in total. The number of amides is 1. The predicted octanol–water partition coefficient (Wildman–Crippen LogP) is 4.50. The fourth-order valence-corrected chi connectivity index (χ4v) is 3.60. The number of nitrogens with zero attached hydrogens (tertiary/aromatic N) is 1. The molecule has 0 saturated carbocycles. The number of carbonyl (C=O) groups excluding carboxylic acids is 1. The summed E-state index contributed by atoms with van der Waals surface area (Å²) in [5.41, 5.74) is 1.64. The summed E-state index contributed by atoms with van der Waals surface area (Å²) in [7, 11) is 0. The van der Waals surface area contributed by atoms with Crippen molar-refractivity contribution in [1.82, 2.24) is 4.98 Å². The highest BCUT2D eigenvalue weighted by molar-refractivity contribution is 7.17. The van der Waals surface area contributed by atoms with Gasteiger partial charge in [-0.05, 0) is 36.8 Å². The molecule has 3 aromatic rings. The van der Waals surface area contributed by atoms with Crippen LogP contribution in [0.5, 0.6) is 0 Å². The maximum absolute atomic E-state index is 12.8. The molecule has 0 atom stereocenters. The number of hydrogen-bond acceptors (Lipinski definition) is 4. The number of benzene rings is 1. The molecule has 0 aliphatic heterocycles. The zero-order valence-corrected chi connectivity index (χ0v) is 13.4. The van der Waals surface area contributed by atoms with E-state index in [2.05, 4.69) is 10.3 Å². The van der Waals surface area contributed by atoms with Crippen molar-refractivity contribution in [2.45, 2.75) is 13.3 Å². The first-order valence-electron chi connectivity index (χ1n) is 6.67. The summed E-state index contributed by atoms with van der Waals surface area (Å²) in [6.07, 6.45) is 0.202. The molecule has 6 heteroatoms. The molecule has 22 heavy (non-hydrogen) atoms. The summed E-state index contributed by atoms with van der Waals surface area (Å²) >= 11 is 3.07. The van der Waals surface area contributed by atoms with Gasteiger partial charge in [-0.25, -0.2) is 9.37 Å². The predicted molar refractivity (Wildman–Crippen MR) is 88.9 cm³/mol. The van der Waals surface area contributed by atoms with Crippen molar-refractivity contribution >= 4 is 33.7 Å². The molecule has 0 unspecified atom stereocenters. The number of carbonyl (C=O) groups is 1. The molecular formula is C16H13FN2OS2. The molecule has 1 amide bonds. The van der Waals surface area contributed by atoms with E-state index in [-0.39, 0.29) is 18.1 Å². The molecule has 2 heterocycles. The van der Waals surface area contributed by atoms with E-state index in [1.807, 2.05) is 24.4 Å². The smallest absolute Gasteiger partial charge is 0.230 e. The lowest BCUT2D eigenvalue weighted by Crippen LogP contribution is -2.14. The molecule has 112 valence electrons. The second-order valence-corrected chi connectivity index (χ2v) is 6.95. The van der Waals surface area contributed by atoms with E-state index >= 15 is 0 Å². The van der Waals surface area contributed by atoms with Gasteiger partial charge in [0, 0.05) is 10.3 Å². The Labute approximate surface area is 135 Å². The number of nitrogens with one attached hydrogen (secondary N) is 1. The van der Waals surface area contributed by atoms with Crippen molar-refractivity contribution in [2.75, 3.05) is 5.32 Å². The highest BCUT2D eigenvalue weighted by Crippen LogP contribution is 2.30. The molecule has 0 aliphatic rings. The molecule has 3 rings (SSSR count). The molecule has 0 radical (unpaired) electrons. The van der Waals surface area contributed by atoms with Gasteiger partial charge in [0.25, 0.3) is 0 Å². The maximum Gasteiger partial charge on any atom is 0.230 e. The van der Waals surface area contributed by atoms with Gasteiger partial charge in [-0.15, -0.1) is 22.7 Å². The fraction of sp³-hybridized carbons (Fsp3) is 0.125. The lowest BCUT2D eigenvalue weighted by atomic mass is 10.1. The summed E-state index contributed by atoms with van der Waals surface area (Å²) < 4.78 is 12.8. The number of halogens is 1. The molecule has 0 bridgehead atoms. The largest absolute Gasteiger partial charge is 0.302 e. The quantitative estimate of drug-likeness (QED) is 0.764. The Morgan fingerprint density at radius 1 is 1.23 bits per heavy atom. The van der Waals surface area contributed by atoms with Gasteiger partial charge in [0.1, 0.15) is 5.82 Å². The van der Waals surface area contributed by atoms with Gasteiger partial charge in [0.2, 0.25) is 5.91 Å². The Hall–Kier alpha value is -2.05. The molecule has 1 aromatic carbocycles. The zero-order chi connectivity index (χ0) is 15.5. The minimum atomic E-state index is -0.306. The van der Waals surface area contributed by atoms with E-state index in [1.54, 1.807) is 23.5 Å². The van der Waals surface area contributed by atoms with Crippen LogP contribution in [0, 0.1) is 12.7 Å². The summed E-state index contributed by atoms with van der Waals surface area (Å²) in [5.74, 6) is -0.463. The Balaban J connectivity index is 1.64. The summed E-state index contributed by atoms with van der Waals surface area (Å²) in [4.78, 5) is 18.7. The first-order chi connectivity index (χ1) is 10.6. The topological polar surface area (TPSA) is 42.0 Å². The molecule has 0 aliphatic carbocycles. The normalized spacial score (nSPS) is 10.6. The Morgan fingerprint density at radius 2 is 2.00 bits per heavy atom. The van der Waals surface area contributed by atoms with Gasteiger partial charge in [-0.2, -0.15) is 0 Å². The monoisotopic (exact) mass is 332 g/mol. The zero-order valence-electron chi connectivity index (χ0n) is 11.8. The highest BCUT2D eigenvalue weighted by atomic mass is 32.1. The van der Waals surface area contributed by atoms with Crippen LogP contribution < -0.4 is 5.32 Å². The number of thiophene rings is 1. The average molecular weight is 332 g/mol. The van der Waals surface area contributed by atoms with Crippen LogP contribution in [0.3, 0.4) is 0 Å². The van der Waals surface area contributed by atoms with Gasteiger partial charge in [-0.1, -0.05) is 12.1 Å². The van der Waals surface area contributed by atoms with Gasteiger partial charge in [0.15, 0.2) is 5.13 Å².